The summed E-state index contributed by atoms with van der Waals surface area (Å²) in [6.45, 7) is 0.931. The maximum Gasteiger partial charge on any atom is 0.120 e. The maximum atomic E-state index is 5.87. The minimum atomic E-state index is 0.678. The first kappa shape index (κ1) is 13.7. The number of fused-ring (bicyclic) bond motifs is 2. The summed E-state index contributed by atoms with van der Waals surface area (Å²) in [5.41, 5.74) is 2.50. The van der Waals surface area contributed by atoms with Gasteiger partial charge >= 0.3 is 0 Å². The van der Waals surface area contributed by atoms with Gasteiger partial charge in [-0.05, 0) is 36.8 Å². The molecule has 4 heteroatoms. The van der Waals surface area contributed by atoms with Gasteiger partial charge < -0.3 is 9.64 Å². The van der Waals surface area contributed by atoms with Crippen LogP contribution < -0.4 is 9.64 Å². The Balaban J connectivity index is 2.05. The molecule has 0 atom stereocenters. The van der Waals surface area contributed by atoms with Crippen molar-refractivity contribution < 1.29 is 4.74 Å². The van der Waals surface area contributed by atoms with Gasteiger partial charge in [-0.25, -0.2) is 0 Å². The molecular weight excluding hydrogens is 290 g/mol. The van der Waals surface area contributed by atoms with E-state index in [1.807, 2.05) is 6.07 Å². The molecule has 2 aromatic carbocycles. The van der Waals surface area contributed by atoms with E-state index in [-0.39, 0.29) is 0 Å². The number of benzene rings is 2. The molecule has 0 N–H and O–H groups in total. The number of hydrogen-bond donors (Lipinski definition) is 0. The van der Waals surface area contributed by atoms with Crippen LogP contribution in [-0.4, -0.2) is 19.5 Å². The number of rotatable bonds is 4. The van der Waals surface area contributed by atoms with Crippen molar-refractivity contribution in [3.05, 3.63) is 42.5 Å². The van der Waals surface area contributed by atoms with Gasteiger partial charge in [-0.15, -0.1) is 11.6 Å². The summed E-state index contributed by atoms with van der Waals surface area (Å²) in [5.74, 6) is 1.57. The van der Waals surface area contributed by atoms with E-state index < -0.39 is 0 Å². The number of nitrogens with zero attached hydrogens (tertiary/aromatic N) is 1. The van der Waals surface area contributed by atoms with Crippen LogP contribution in [0.3, 0.4) is 0 Å². The Bertz CT molecular complexity index is 617. The molecule has 0 aromatic heterocycles. The Labute approximate surface area is 128 Å². The molecule has 0 fully saturated rings. The van der Waals surface area contributed by atoms with E-state index >= 15 is 0 Å². The molecule has 1 aliphatic heterocycles. The molecule has 0 unspecified atom stereocenters. The van der Waals surface area contributed by atoms with E-state index in [4.69, 9.17) is 16.3 Å². The van der Waals surface area contributed by atoms with Gasteiger partial charge in [0, 0.05) is 22.2 Å². The van der Waals surface area contributed by atoms with E-state index in [2.05, 4.69) is 41.3 Å². The zero-order chi connectivity index (χ0) is 13.9. The summed E-state index contributed by atoms with van der Waals surface area (Å²) >= 11 is 7.67. The Morgan fingerprint density at radius 1 is 1.10 bits per heavy atom. The molecule has 3 rings (SSSR count). The highest BCUT2D eigenvalue weighted by Gasteiger charge is 2.23. The average molecular weight is 306 g/mol. The van der Waals surface area contributed by atoms with E-state index in [1.54, 1.807) is 18.9 Å². The predicted octanol–water partition coefficient (Wildman–Crippen LogP) is 4.93. The second-order valence-electron chi connectivity index (χ2n) is 4.60. The first-order valence-corrected chi connectivity index (χ1v) is 7.97. The lowest BCUT2D eigenvalue weighted by Crippen LogP contribution is -2.22. The van der Waals surface area contributed by atoms with Crippen molar-refractivity contribution in [1.29, 1.82) is 0 Å². The predicted molar refractivity (Wildman–Crippen MR) is 85.9 cm³/mol. The fourth-order valence-electron chi connectivity index (χ4n) is 2.40. The van der Waals surface area contributed by atoms with Crippen molar-refractivity contribution in [3.8, 4) is 5.75 Å². The summed E-state index contributed by atoms with van der Waals surface area (Å²) in [7, 11) is 1.70. The smallest absolute Gasteiger partial charge is 0.120 e. The summed E-state index contributed by atoms with van der Waals surface area (Å²) in [6.07, 6.45) is 0.964. The lowest BCUT2D eigenvalue weighted by molar-refractivity contribution is 0.413. The number of hydrogen-bond acceptors (Lipinski definition) is 3. The van der Waals surface area contributed by atoms with Gasteiger partial charge in [0.1, 0.15) is 5.75 Å². The molecule has 0 spiro atoms. The number of methoxy groups -OCH3 is 1. The normalized spacial score (nSPS) is 12.8. The minimum absolute atomic E-state index is 0.678. The molecule has 20 heavy (non-hydrogen) atoms. The monoisotopic (exact) mass is 305 g/mol. The number of alkyl halides is 1. The highest BCUT2D eigenvalue weighted by molar-refractivity contribution is 7.99. The van der Waals surface area contributed by atoms with Crippen LogP contribution in [0.4, 0.5) is 11.4 Å². The maximum absolute atomic E-state index is 5.87. The van der Waals surface area contributed by atoms with Crippen LogP contribution in [0, 0.1) is 0 Å². The van der Waals surface area contributed by atoms with Gasteiger partial charge in [0.15, 0.2) is 0 Å². The third kappa shape index (κ3) is 2.48. The lowest BCUT2D eigenvalue weighted by atomic mass is 10.2. The molecule has 1 aliphatic rings. The summed E-state index contributed by atoms with van der Waals surface area (Å²) < 4.78 is 5.33. The molecule has 0 saturated heterocycles. The van der Waals surface area contributed by atoms with E-state index in [0.717, 1.165) is 18.7 Å². The Hall–Kier alpha value is -1.32. The average Bonchev–Trinajstić information content (AvgIpc) is 2.50. The highest BCUT2D eigenvalue weighted by Crippen LogP contribution is 2.48. The highest BCUT2D eigenvalue weighted by atomic mass is 35.5. The zero-order valence-electron chi connectivity index (χ0n) is 11.3. The van der Waals surface area contributed by atoms with Gasteiger partial charge in [-0.3, -0.25) is 0 Å². The number of ether oxygens (including phenoxy) is 1. The molecule has 0 bridgehead atoms. The Morgan fingerprint density at radius 3 is 2.70 bits per heavy atom. The van der Waals surface area contributed by atoms with E-state index in [0.29, 0.717) is 5.88 Å². The molecule has 2 aromatic rings. The van der Waals surface area contributed by atoms with E-state index in [9.17, 15) is 0 Å². The zero-order valence-corrected chi connectivity index (χ0v) is 12.9. The van der Waals surface area contributed by atoms with Crippen LogP contribution in [-0.2, 0) is 0 Å². The molecule has 0 radical (unpaired) electrons. The molecule has 0 amide bonds. The molecule has 0 aliphatic carbocycles. The summed E-state index contributed by atoms with van der Waals surface area (Å²) in [5, 5.41) is 0. The second-order valence-corrected chi connectivity index (χ2v) is 6.06. The standard InChI is InChI=1S/C16H16ClNOS/c1-19-12-7-8-14-16(11-12)20-15-6-3-2-5-13(15)18(14)10-4-9-17/h2-3,5-8,11H,4,9-10H2,1H3. The van der Waals surface area contributed by atoms with Crippen LogP contribution in [0.15, 0.2) is 52.3 Å². The van der Waals surface area contributed by atoms with Crippen molar-refractivity contribution in [2.24, 2.45) is 0 Å². The Morgan fingerprint density at radius 2 is 1.90 bits per heavy atom. The Kier molecular flexibility index (Phi) is 4.08. The molecule has 1 heterocycles. The summed E-state index contributed by atoms with van der Waals surface area (Å²) in [6, 6.07) is 14.7. The summed E-state index contributed by atoms with van der Waals surface area (Å²) in [4.78, 5) is 4.86. The topological polar surface area (TPSA) is 12.5 Å². The van der Waals surface area contributed by atoms with Crippen molar-refractivity contribution in [1.82, 2.24) is 0 Å². The van der Waals surface area contributed by atoms with Crippen LogP contribution in [0.2, 0.25) is 0 Å². The largest absolute Gasteiger partial charge is 0.497 e. The van der Waals surface area contributed by atoms with Crippen LogP contribution in [0.25, 0.3) is 0 Å². The number of anilines is 2. The molecular formula is C16H16ClNOS. The lowest BCUT2D eigenvalue weighted by Gasteiger charge is -2.32. The SMILES string of the molecule is COc1ccc2c(c1)Sc1ccccc1N2CCCCl. The fourth-order valence-corrected chi connectivity index (χ4v) is 3.64. The van der Waals surface area contributed by atoms with Gasteiger partial charge in [0.05, 0.1) is 18.5 Å². The van der Waals surface area contributed by atoms with E-state index in [1.165, 1.54) is 21.2 Å². The molecule has 0 saturated carbocycles. The van der Waals surface area contributed by atoms with Gasteiger partial charge in [0.25, 0.3) is 0 Å². The molecule has 2 nitrogen and oxygen atoms in total. The second kappa shape index (κ2) is 5.98. The van der Waals surface area contributed by atoms with Crippen molar-refractivity contribution >= 4 is 34.7 Å². The van der Waals surface area contributed by atoms with Crippen molar-refractivity contribution in [3.63, 3.8) is 0 Å². The first-order valence-electron chi connectivity index (χ1n) is 6.62. The third-order valence-electron chi connectivity index (χ3n) is 3.35. The van der Waals surface area contributed by atoms with Crippen LogP contribution in [0.1, 0.15) is 6.42 Å². The van der Waals surface area contributed by atoms with Crippen LogP contribution >= 0.6 is 23.4 Å². The van der Waals surface area contributed by atoms with Gasteiger partial charge in [-0.1, -0.05) is 23.9 Å². The fraction of sp³-hybridized carbons (Fsp3) is 0.250. The first-order chi connectivity index (χ1) is 9.83. The minimum Gasteiger partial charge on any atom is -0.497 e. The van der Waals surface area contributed by atoms with Crippen LogP contribution in [0.5, 0.6) is 5.75 Å². The van der Waals surface area contributed by atoms with Crippen molar-refractivity contribution in [2.75, 3.05) is 24.4 Å². The quantitative estimate of drug-likeness (QED) is 0.743. The van der Waals surface area contributed by atoms with Gasteiger partial charge in [-0.2, -0.15) is 0 Å². The third-order valence-corrected chi connectivity index (χ3v) is 4.73. The molecule has 104 valence electrons. The van der Waals surface area contributed by atoms with Gasteiger partial charge in [0.2, 0.25) is 0 Å². The number of halogens is 1. The van der Waals surface area contributed by atoms with Crippen molar-refractivity contribution in [2.45, 2.75) is 16.2 Å². The number of para-hydroxylation sites is 1.